The second-order valence-electron chi connectivity index (χ2n) is 4.19. The molecule has 0 amide bonds. The molecule has 1 saturated heterocycles. The third kappa shape index (κ3) is 2.66. The van der Waals surface area contributed by atoms with E-state index in [1.165, 1.54) is 0 Å². The van der Waals surface area contributed by atoms with Crippen LogP contribution in [0.1, 0.15) is 6.42 Å². The summed E-state index contributed by atoms with van der Waals surface area (Å²) in [4.78, 5) is 8.84. The maximum Gasteiger partial charge on any atom is 0.172 e. The minimum Gasteiger partial charge on any atom is -0.363 e. The Kier molecular flexibility index (Phi) is 4.22. The molecular weight excluding hydrogens is 271 g/mol. The van der Waals surface area contributed by atoms with Crippen LogP contribution in [0.3, 0.4) is 0 Å². The van der Waals surface area contributed by atoms with Crippen molar-refractivity contribution in [2.45, 2.75) is 12.5 Å². The van der Waals surface area contributed by atoms with Gasteiger partial charge in [0.05, 0.1) is 11.0 Å². The fourth-order valence-electron chi connectivity index (χ4n) is 2.04. The molecule has 1 aromatic carbocycles. The SMILES string of the molecule is Cl.Clc1nc2ccccc2nc1NC1CCNC1. The highest BCUT2D eigenvalue weighted by Crippen LogP contribution is 2.22. The highest BCUT2D eigenvalue weighted by atomic mass is 35.5. The highest BCUT2D eigenvalue weighted by Gasteiger charge is 2.16. The zero-order valence-corrected chi connectivity index (χ0v) is 11.3. The summed E-state index contributed by atoms with van der Waals surface area (Å²) in [7, 11) is 0. The van der Waals surface area contributed by atoms with Crippen molar-refractivity contribution in [1.82, 2.24) is 15.3 Å². The lowest BCUT2D eigenvalue weighted by Crippen LogP contribution is -2.23. The Morgan fingerprint density at radius 1 is 1.22 bits per heavy atom. The van der Waals surface area contributed by atoms with E-state index < -0.39 is 0 Å². The molecule has 2 N–H and O–H groups in total. The van der Waals surface area contributed by atoms with Crippen LogP contribution in [0.15, 0.2) is 24.3 Å². The predicted octanol–water partition coefficient (Wildman–Crippen LogP) is 2.48. The minimum absolute atomic E-state index is 0. The number of nitrogens with one attached hydrogen (secondary N) is 2. The Morgan fingerprint density at radius 3 is 2.61 bits per heavy atom. The monoisotopic (exact) mass is 284 g/mol. The van der Waals surface area contributed by atoms with Crippen molar-refractivity contribution in [3.8, 4) is 0 Å². The van der Waals surface area contributed by atoms with Gasteiger partial charge in [-0.05, 0) is 25.1 Å². The predicted molar refractivity (Wildman–Crippen MR) is 76.7 cm³/mol. The molecule has 6 heteroatoms. The smallest absolute Gasteiger partial charge is 0.172 e. The Balaban J connectivity index is 0.00000120. The summed E-state index contributed by atoms with van der Waals surface area (Å²) in [5.41, 5.74) is 1.69. The van der Waals surface area contributed by atoms with Crippen molar-refractivity contribution >= 4 is 40.9 Å². The second-order valence-corrected chi connectivity index (χ2v) is 4.54. The van der Waals surface area contributed by atoms with Gasteiger partial charge in [0.1, 0.15) is 0 Å². The highest BCUT2D eigenvalue weighted by molar-refractivity contribution is 6.32. The van der Waals surface area contributed by atoms with Crippen molar-refractivity contribution in [3.63, 3.8) is 0 Å². The maximum absolute atomic E-state index is 6.13. The van der Waals surface area contributed by atoms with Gasteiger partial charge in [0.25, 0.3) is 0 Å². The molecule has 0 aliphatic carbocycles. The summed E-state index contributed by atoms with van der Waals surface area (Å²) >= 11 is 6.13. The molecule has 0 radical (unpaired) electrons. The van der Waals surface area contributed by atoms with Gasteiger partial charge in [-0.15, -0.1) is 12.4 Å². The number of fused-ring (bicyclic) bond motifs is 1. The van der Waals surface area contributed by atoms with E-state index in [0.29, 0.717) is 17.0 Å². The number of anilines is 1. The van der Waals surface area contributed by atoms with E-state index in [2.05, 4.69) is 20.6 Å². The number of para-hydroxylation sites is 2. The van der Waals surface area contributed by atoms with Crippen molar-refractivity contribution < 1.29 is 0 Å². The van der Waals surface area contributed by atoms with Gasteiger partial charge in [-0.1, -0.05) is 23.7 Å². The molecule has 1 aromatic heterocycles. The van der Waals surface area contributed by atoms with Crippen LogP contribution in [0.2, 0.25) is 5.15 Å². The first-order chi connectivity index (χ1) is 8.33. The van der Waals surface area contributed by atoms with Crippen LogP contribution >= 0.6 is 24.0 Å². The van der Waals surface area contributed by atoms with Crippen LogP contribution < -0.4 is 10.6 Å². The standard InChI is InChI=1S/C12H13ClN4.ClH/c13-11-12(15-8-5-6-14-7-8)17-10-4-2-1-3-9(10)16-11;/h1-4,8,14H,5-7H2,(H,15,17);1H. The third-order valence-corrected chi connectivity index (χ3v) is 3.19. The van der Waals surface area contributed by atoms with Gasteiger partial charge in [-0.3, -0.25) is 0 Å². The van der Waals surface area contributed by atoms with Gasteiger partial charge in [-0.2, -0.15) is 0 Å². The fraction of sp³-hybridized carbons (Fsp3) is 0.333. The minimum atomic E-state index is 0. The first-order valence-corrected chi connectivity index (χ1v) is 6.10. The van der Waals surface area contributed by atoms with E-state index in [1.807, 2.05) is 24.3 Å². The summed E-state index contributed by atoms with van der Waals surface area (Å²) < 4.78 is 0. The van der Waals surface area contributed by atoms with E-state index in [-0.39, 0.29) is 12.4 Å². The Morgan fingerprint density at radius 2 is 1.94 bits per heavy atom. The summed E-state index contributed by atoms with van der Waals surface area (Å²) in [5.74, 6) is 0.680. The summed E-state index contributed by atoms with van der Waals surface area (Å²) in [6.07, 6.45) is 1.09. The molecule has 2 heterocycles. The van der Waals surface area contributed by atoms with Gasteiger partial charge >= 0.3 is 0 Å². The molecule has 2 aromatic rings. The first-order valence-electron chi connectivity index (χ1n) is 5.72. The van der Waals surface area contributed by atoms with Gasteiger partial charge in [0, 0.05) is 12.6 Å². The van der Waals surface area contributed by atoms with E-state index in [9.17, 15) is 0 Å². The van der Waals surface area contributed by atoms with Crippen LogP contribution in [-0.2, 0) is 0 Å². The Bertz CT molecular complexity index is 541. The van der Waals surface area contributed by atoms with Crippen LogP contribution in [-0.4, -0.2) is 29.1 Å². The summed E-state index contributed by atoms with van der Waals surface area (Å²) in [6.45, 7) is 1.99. The van der Waals surface area contributed by atoms with Gasteiger partial charge in [0.15, 0.2) is 11.0 Å². The summed E-state index contributed by atoms with van der Waals surface area (Å²) in [6, 6.07) is 8.13. The Labute approximate surface area is 117 Å². The maximum atomic E-state index is 6.13. The molecule has 0 bridgehead atoms. The van der Waals surface area contributed by atoms with E-state index in [4.69, 9.17) is 11.6 Å². The number of hydrogen-bond acceptors (Lipinski definition) is 4. The molecule has 1 fully saturated rings. The van der Waals surface area contributed by atoms with Gasteiger partial charge in [0.2, 0.25) is 0 Å². The molecule has 1 aliphatic rings. The molecule has 1 aliphatic heterocycles. The van der Waals surface area contributed by atoms with Crippen molar-refractivity contribution in [2.75, 3.05) is 18.4 Å². The zero-order valence-electron chi connectivity index (χ0n) is 9.69. The van der Waals surface area contributed by atoms with Crippen LogP contribution in [0.4, 0.5) is 5.82 Å². The molecule has 96 valence electrons. The number of rotatable bonds is 2. The zero-order chi connectivity index (χ0) is 11.7. The molecule has 0 saturated carbocycles. The number of hydrogen-bond donors (Lipinski definition) is 2. The molecule has 18 heavy (non-hydrogen) atoms. The van der Waals surface area contributed by atoms with E-state index >= 15 is 0 Å². The molecule has 1 atom stereocenters. The largest absolute Gasteiger partial charge is 0.363 e. The fourth-order valence-corrected chi connectivity index (χ4v) is 2.23. The number of halogens is 2. The van der Waals surface area contributed by atoms with Gasteiger partial charge < -0.3 is 10.6 Å². The van der Waals surface area contributed by atoms with Crippen LogP contribution in [0, 0.1) is 0 Å². The topological polar surface area (TPSA) is 49.8 Å². The number of benzene rings is 1. The van der Waals surface area contributed by atoms with E-state index in [1.54, 1.807) is 0 Å². The van der Waals surface area contributed by atoms with Crippen molar-refractivity contribution in [2.24, 2.45) is 0 Å². The second kappa shape index (κ2) is 5.69. The first kappa shape index (κ1) is 13.3. The lowest BCUT2D eigenvalue weighted by molar-refractivity contribution is 0.788. The van der Waals surface area contributed by atoms with Crippen LogP contribution in [0.5, 0.6) is 0 Å². The third-order valence-electron chi connectivity index (χ3n) is 2.93. The average molecular weight is 285 g/mol. The van der Waals surface area contributed by atoms with Gasteiger partial charge in [-0.25, -0.2) is 9.97 Å². The normalized spacial score (nSPS) is 18.6. The molecule has 1 unspecified atom stereocenters. The quantitative estimate of drug-likeness (QED) is 0.890. The lowest BCUT2D eigenvalue weighted by Gasteiger charge is -2.13. The van der Waals surface area contributed by atoms with Crippen molar-refractivity contribution in [3.05, 3.63) is 29.4 Å². The van der Waals surface area contributed by atoms with E-state index in [0.717, 1.165) is 30.5 Å². The molecule has 0 spiro atoms. The Hall–Kier alpha value is -1.10. The average Bonchev–Trinajstić information content (AvgIpc) is 2.83. The van der Waals surface area contributed by atoms with Crippen molar-refractivity contribution in [1.29, 1.82) is 0 Å². The summed E-state index contributed by atoms with van der Waals surface area (Å²) in [5, 5.41) is 7.07. The van der Waals surface area contributed by atoms with Crippen LogP contribution in [0.25, 0.3) is 11.0 Å². The number of nitrogens with zero attached hydrogens (tertiary/aromatic N) is 2. The molecule has 4 nitrogen and oxygen atoms in total. The lowest BCUT2D eigenvalue weighted by atomic mass is 10.2. The molecule has 3 rings (SSSR count). The number of aromatic nitrogens is 2. The molecular formula is C12H14Cl2N4.